The first-order chi connectivity index (χ1) is 15.5. The quantitative estimate of drug-likeness (QED) is 0.187. The second-order valence-electron chi connectivity index (χ2n) is 6.73. The average Bonchev–Trinajstić information content (AvgIpc) is 3.33. The van der Waals surface area contributed by atoms with E-state index in [2.05, 4.69) is 0 Å². The molecule has 0 saturated carbocycles. The van der Waals surface area contributed by atoms with Crippen LogP contribution in [0, 0.1) is 0 Å². The Morgan fingerprint density at radius 1 is 0.594 bits per heavy atom. The van der Waals surface area contributed by atoms with E-state index in [-0.39, 0.29) is 0 Å². The molecule has 5 rings (SSSR count). The van der Waals surface area contributed by atoms with Crippen LogP contribution in [0.15, 0.2) is 72.8 Å². The topological polar surface area (TPSA) is 52.6 Å². The van der Waals surface area contributed by atoms with Crippen LogP contribution >= 0.6 is 45.9 Å². The molecule has 0 aliphatic rings. The predicted molar refractivity (Wildman–Crippen MR) is 130 cm³/mol. The van der Waals surface area contributed by atoms with Gasteiger partial charge in [-0.25, -0.2) is 9.59 Å². The maximum atomic E-state index is 12.6. The van der Waals surface area contributed by atoms with E-state index in [0.717, 1.165) is 20.2 Å². The van der Waals surface area contributed by atoms with Crippen LogP contribution in [0.2, 0.25) is 10.0 Å². The lowest BCUT2D eigenvalue weighted by molar-refractivity contribution is 0.0724. The summed E-state index contributed by atoms with van der Waals surface area (Å²) in [5, 5.41) is 2.38. The van der Waals surface area contributed by atoms with Crippen LogP contribution in [0.4, 0.5) is 0 Å². The molecule has 2 heterocycles. The summed E-state index contributed by atoms with van der Waals surface area (Å²) < 4.78 is 12.7. The van der Waals surface area contributed by atoms with Crippen molar-refractivity contribution >= 4 is 78.0 Å². The first-order valence-corrected chi connectivity index (χ1v) is 11.8. The van der Waals surface area contributed by atoms with Crippen molar-refractivity contribution in [2.45, 2.75) is 0 Å². The number of rotatable bonds is 4. The summed E-state index contributed by atoms with van der Waals surface area (Å²) in [6, 6.07) is 21.2. The highest BCUT2D eigenvalue weighted by atomic mass is 35.5. The van der Waals surface area contributed by atoms with Crippen molar-refractivity contribution in [2.75, 3.05) is 0 Å². The molecule has 5 aromatic rings. The van der Waals surface area contributed by atoms with Crippen LogP contribution in [0.25, 0.3) is 20.2 Å². The van der Waals surface area contributed by atoms with Gasteiger partial charge in [0.2, 0.25) is 0 Å². The maximum Gasteiger partial charge on any atom is 0.355 e. The number of hydrogen-bond donors (Lipinski definition) is 0. The molecule has 0 bridgehead atoms. The van der Waals surface area contributed by atoms with Gasteiger partial charge in [0, 0.05) is 20.2 Å². The molecule has 0 radical (unpaired) electrons. The van der Waals surface area contributed by atoms with Gasteiger partial charge in [-0.15, -0.1) is 22.7 Å². The highest BCUT2D eigenvalue weighted by Gasteiger charge is 2.20. The number of esters is 2. The van der Waals surface area contributed by atoms with Crippen molar-refractivity contribution in [3.8, 4) is 11.5 Å². The Morgan fingerprint density at radius 2 is 0.969 bits per heavy atom. The van der Waals surface area contributed by atoms with E-state index in [1.54, 1.807) is 24.3 Å². The fourth-order valence-electron chi connectivity index (χ4n) is 3.17. The second-order valence-corrected chi connectivity index (χ2v) is 9.59. The Bertz CT molecular complexity index is 1370. The number of carbonyl (C=O) groups is 2. The minimum atomic E-state index is -0.544. The molecule has 2 aromatic heterocycles. The lowest BCUT2D eigenvalue weighted by Gasteiger charge is -2.06. The number of ether oxygens (including phenoxy) is 2. The van der Waals surface area contributed by atoms with Crippen molar-refractivity contribution in [3.05, 3.63) is 92.6 Å². The van der Waals surface area contributed by atoms with E-state index in [1.165, 1.54) is 22.7 Å². The molecule has 0 atom stereocenters. The van der Waals surface area contributed by atoms with Gasteiger partial charge in [0.1, 0.15) is 21.3 Å². The number of fused-ring (bicyclic) bond motifs is 2. The molecule has 4 nitrogen and oxygen atoms in total. The minimum absolute atomic E-state index is 0.309. The molecule has 0 saturated heterocycles. The predicted octanol–water partition coefficient (Wildman–Crippen LogP) is 7.86. The SMILES string of the molecule is O=C(Oc1ccc(OC(=O)c2sc3ccccc3c2Cl)cc1)c1sc2ccccc2c1Cl. The summed E-state index contributed by atoms with van der Waals surface area (Å²) in [5.41, 5.74) is 0. The molecule has 0 aliphatic heterocycles. The molecule has 0 fully saturated rings. The first kappa shape index (κ1) is 21.0. The van der Waals surface area contributed by atoms with Crippen LogP contribution in [0.5, 0.6) is 11.5 Å². The van der Waals surface area contributed by atoms with E-state index in [9.17, 15) is 9.59 Å². The van der Waals surface area contributed by atoms with Crippen LogP contribution in [-0.2, 0) is 0 Å². The summed E-state index contributed by atoms with van der Waals surface area (Å²) >= 11 is 15.2. The molecule has 0 N–H and O–H groups in total. The molecule has 158 valence electrons. The lowest BCUT2D eigenvalue weighted by Crippen LogP contribution is -2.08. The van der Waals surface area contributed by atoms with Gasteiger partial charge in [0.15, 0.2) is 0 Å². The molecule has 3 aromatic carbocycles. The van der Waals surface area contributed by atoms with Crippen molar-refractivity contribution in [2.24, 2.45) is 0 Å². The maximum absolute atomic E-state index is 12.6. The molecule has 32 heavy (non-hydrogen) atoms. The third-order valence-corrected chi connectivity index (χ3v) is 8.00. The van der Waals surface area contributed by atoms with E-state index in [0.29, 0.717) is 31.3 Å². The molecule has 0 unspecified atom stereocenters. The number of carbonyl (C=O) groups excluding carboxylic acids is 2. The van der Waals surface area contributed by atoms with E-state index in [1.807, 2.05) is 48.5 Å². The van der Waals surface area contributed by atoms with Gasteiger partial charge in [-0.1, -0.05) is 59.6 Å². The van der Waals surface area contributed by atoms with Crippen molar-refractivity contribution in [1.82, 2.24) is 0 Å². The lowest BCUT2D eigenvalue weighted by atomic mass is 10.2. The molecule has 0 amide bonds. The minimum Gasteiger partial charge on any atom is -0.422 e. The fraction of sp³-hybridized carbons (Fsp3) is 0. The summed E-state index contributed by atoms with van der Waals surface area (Å²) in [6.07, 6.45) is 0. The third kappa shape index (κ3) is 3.87. The van der Waals surface area contributed by atoms with Gasteiger partial charge in [0.05, 0.1) is 10.0 Å². The summed E-state index contributed by atoms with van der Waals surface area (Å²) in [7, 11) is 0. The zero-order valence-corrected chi connectivity index (χ0v) is 19.3. The van der Waals surface area contributed by atoms with Gasteiger partial charge >= 0.3 is 11.9 Å². The number of benzene rings is 3. The zero-order chi connectivity index (χ0) is 22.2. The van der Waals surface area contributed by atoms with Gasteiger partial charge in [-0.3, -0.25) is 0 Å². The van der Waals surface area contributed by atoms with Crippen LogP contribution in [0.1, 0.15) is 19.3 Å². The van der Waals surface area contributed by atoms with E-state index in [4.69, 9.17) is 32.7 Å². The van der Waals surface area contributed by atoms with Gasteiger partial charge in [-0.2, -0.15) is 0 Å². The normalized spacial score (nSPS) is 11.1. The molecule has 8 heteroatoms. The monoisotopic (exact) mass is 498 g/mol. The number of halogens is 2. The van der Waals surface area contributed by atoms with Gasteiger partial charge < -0.3 is 9.47 Å². The zero-order valence-electron chi connectivity index (χ0n) is 16.1. The fourth-order valence-corrected chi connectivity index (χ4v) is 5.94. The second kappa shape index (κ2) is 8.56. The highest BCUT2D eigenvalue weighted by Crippen LogP contribution is 2.37. The Kier molecular flexibility index (Phi) is 5.61. The largest absolute Gasteiger partial charge is 0.422 e. The smallest absolute Gasteiger partial charge is 0.355 e. The Hall–Kier alpha value is -2.90. The van der Waals surface area contributed by atoms with E-state index >= 15 is 0 Å². The molecule has 0 spiro atoms. The van der Waals surface area contributed by atoms with Crippen molar-refractivity contribution in [3.63, 3.8) is 0 Å². The first-order valence-electron chi connectivity index (χ1n) is 9.40. The van der Waals surface area contributed by atoms with Crippen LogP contribution in [0.3, 0.4) is 0 Å². The number of hydrogen-bond acceptors (Lipinski definition) is 6. The Morgan fingerprint density at radius 3 is 1.34 bits per heavy atom. The summed E-state index contributed by atoms with van der Waals surface area (Å²) in [5.74, 6) is -0.470. The Labute approximate surface area is 200 Å². The van der Waals surface area contributed by atoms with Crippen molar-refractivity contribution in [1.29, 1.82) is 0 Å². The standard InChI is InChI=1S/C24H12Cl2O4S2/c25-19-15-5-1-3-7-17(15)31-21(19)23(27)29-13-9-11-14(12-10-13)30-24(28)22-20(26)16-6-2-4-8-18(16)32-22/h1-12H. The Balaban J connectivity index is 1.30. The summed E-state index contributed by atoms with van der Waals surface area (Å²) in [4.78, 5) is 25.8. The highest BCUT2D eigenvalue weighted by molar-refractivity contribution is 7.22. The van der Waals surface area contributed by atoms with Crippen molar-refractivity contribution < 1.29 is 19.1 Å². The van der Waals surface area contributed by atoms with Crippen LogP contribution < -0.4 is 9.47 Å². The number of thiophene rings is 2. The van der Waals surface area contributed by atoms with Gasteiger partial charge in [0.25, 0.3) is 0 Å². The van der Waals surface area contributed by atoms with E-state index < -0.39 is 11.9 Å². The summed E-state index contributed by atoms with van der Waals surface area (Å²) in [6.45, 7) is 0. The van der Waals surface area contributed by atoms with Crippen LogP contribution in [-0.4, -0.2) is 11.9 Å². The molecular weight excluding hydrogens is 487 g/mol. The molecule has 0 aliphatic carbocycles. The van der Waals surface area contributed by atoms with Gasteiger partial charge in [-0.05, 0) is 36.4 Å². The molecular formula is C24H12Cl2O4S2. The average molecular weight is 499 g/mol. The third-order valence-electron chi connectivity index (χ3n) is 4.69.